The Morgan fingerprint density at radius 2 is 1.80 bits per heavy atom. The molecule has 110 valence electrons. The van der Waals surface area contributed by atoms with E-state index in [2.05, 4.69) is 42.6 Å². The molecule has 2 atom stereocenters. The highest BCUT2D eigenvalue weighted by atomic mass is 16.5. The normalized spacial score (nSPS) is 28.6. The van der Waals surface area contributed by atoms with Crippen molar-refractivity contribution in [3.63, 3.8) is 0 Å². The third-order valence-electron chi connectivity index (χ3n) is 5.29. The van der Waals surface area contributed by atoms with Crippen LogP contribution in [0, 0.1) is 5.41 Å². The molecule has 1 aromatic carbocycles. The zero-order valence-corrected chi connectivity index (χ0v) is 12.6. The lowest BCUT2D eigenvalue weighted by atomic mass is 9.57. The van der Waals surface area contributed by atoms with E-state index in [4.69, 9.17) is 4.74 Å². The summed E-state index contributed by atoms with van der Waals surface area (Å²) in [6.07, 6.45) is 9.80. The van der Waals surface area contributed by atoms with Gasteiger partial charge in [0.2, 0.25) is 0 Å². The topological polar surface area (TPSA) is 21.3 Å². The second-order valence-electron chi connectivity index (χ2n) is 6.41. The monoisotopic (exact) mass is 273 g/mol. The second-order valence-corrected chi connectivity index (χ2v) is 6.41. The predicted molar refractivity (Wildman–Crippen MR) is 83.1 cm³/mol. The van der Waals surface area contributed by atoms with Crippen LogP contribution >= 0.6 is 0 Å². The summed E-state index contributed by atoms with van der Waals surface area (Å²) < 4.78 is 6.34. The molecule has 0 radical (unpaired) electrons. The minimum absolute atomic E-state index is 0.391. The van der Waals surface area contributed by atoms with Crippen molar-refractivity contribution in [3.05, 3.63) is 30.3 Å². The van der Waals surface area contributed by atoms with E-state index in [0.29, 0.717) is 17.6 Å². The number of hydrogen-bond acceptors (Lipinski definition) is 2. The van der Waals surface area contributed by atoms with Gasteiger partial charge in [-0.05, 0) is 31.5 Å². The number of para-hydroxylation sites is 1. The molecule has 2 nitrogen and oxygen atoms in total. The van der Waals surface area contributed by atoms with Crippen molar-refractivity contribution in [1.29, 1.82) is 0 Å². The summed E-state index contributed by atoms with van der Waals surface area (Å²) in [5, 5.41) is 3.71. The van der Waals surface area contributed by atoms with Crippen LogP contribution in [0.15, 0.2) is 30.3 Å². The lowest BCUT2D eigenvalue weighted by molar-refractivity contribution is -0.0900. The van der Waals surface area contributed by atoms with Crippen LogP contribution in [0.1, 0.15) is 51.9 Å². The lowest BCUT2D eigenvalue weighted by Gasteiger charge is -2.56. The van der Waals surface area contributed by atoms with E-state index in [1.54, 1.807) is 0 Å². The largest absolute Gasteiger partial charge is 0.490 e. The van der Waals surface area contributed by atoms with E-state index >= 15 is 0 Å². The van der Waals surface area contributed by atoms with Crippen LogP contribution in [0.2, 0.25) is 0 Å². The van der Waals surface area contributed by atoms with Crippen LogP contribution in [0.3, 0.4) is 0 Å². The van der Waals surface area contributed by atoms with Gasteiger partial charge in [-0.15, -0.1) is 0 Å². The molecular weight excluding hydrogens is 246 g/mol. The second kappa shape index (κ2) is 6.17. The Labute approximate surface area is 122 Å². The average molecular weight is 273 g/mol. The van der Waals surface area contributed by atoms with Gasteiger partial charge < -0.3 is 10.1 Å². The molecule has 1 spiro atoms. The maximum atomic E-state index is 6.34. The molecule has 2 aliphatic rings. The molecule has 0 amide bonds. The van der Waals surface area contributed by atoms with Gasteiger partial charge in [-0.3, -0.25) is 0 Å². The van der Waals surface area contributed by atoms with Crippen molar-refractivity contribution < 1.29 is 4.74 Å². The molecule has 0 saturated heterocycles. The van der Waals surface area contributed by atoms with Gasteiger partial charge in [-0.2, -0.15) is 0 Å². The zero-order valence-electron chi connectivity index (χ0n) is 12.6. The molecule has 2 saturated carbocycles. The van der Waals surface area contributed by atoms with Crippen LogP contribution in [0.25, 0.3) is 0 Å². The fraction of sp³-hybridized carbons (Fsp3) is 0.667. The van der Waals surface area contributed by atoms with Crippen LogP contribution in [0.5, 0.6) is 5.75 Å². The fourth-order valence-corrected chi connectivity index (χ4v) is 4.17. The molecule has 0 aliphatic heterocycles. The molecule has 2 aliphatic carbocycles. The molecule has 3 rings (SSSR count). The molecule has 20 heavy (non-hydrogen) atoms. The lowest BCUT2D eigenvalue weighted by Crippen LogP contribution is -2.64. The number of nitrogens with one attached hydrogen (secondary N) is 1. The summed E-state index contributed by atoms with van der Waals surface area (Å²) >= 11 is 0. The molecule has 2 heteroatoms. The smallest absolute Gasteiger partial charge is 0.119 e. The third kappa shape index (κ3) is 2.58. The highest BCUT2D eigenvalue weighted by molar-refractivity contribution is 5.23. The first kappa shape index (κ1) is 13.9. The summed E-state index contributed by atoms with van der Waals surface area (Å²) in [6, 6.07) is 11.0. The van der Waals surface area contributed by atoms with Gasteiger partial charge in [0.1, 0.15) is 11.9 Å². The summed E-state index contributed by atoms with van der Waals surface area (Å²) in [5.74, 6) is 1.04. The number of rotatable bonds is 4. The third-order valence-corrected chi connectivity index (χ3v) is 5.29. The van der Waals surface area contributed by atoms with E-state index in [9.17, 15) is 0 Å². The van der Waals surface area contributed by atoms with E-state index in [1.807, 2.05) is 0 Å². The molecule has 0 bridgehead atoms. The van der Waals surface area contributed by atoms with Gasteiger partial charge >= 0.3 is 0 Å². The summed E-state index contributed by atoms with van der Waals surface area (Å²) in [5.41, 5.74) is 0.391. The van der Waals surface area contributed by atoms with Gasteiger partial charge in [0.25, 0.3) is 0 Å². The highest BCUT2D eigenvalue weighted by Gasteiger charge is 2.55. The Balaban J connectivity index is 1.73. The number of benzene rings is 1. The maximum Gasteiger partial charge on any atom is 0.119 e. The minimum Gasteiger partial charge on any atom is -0.490 e. The highest BCUT2D eigenvalue weighted by Crippen LogP contribution is 2.52. The summed E-state index contributed by atoms with van der Waals surface area (Å²) in [4.78, 5) is 0. The van der Waals surface area contributed by atoms with Crippen molar-refractivity contribution in [3.8, 4) is 5.75 Å². The Hall–Kier alpha value is -1.02. The van der Waals surface area contributed by atoms with Gasteiger partial charge in [0, 0.05) is 17.9 Å². The average Bonchev–Trinajstić information content (AvgIpc) is 2.75. The van der Waals surface area contributed by atoms with Crippen LogP contribution < -0.4 is 10.1 Å². The predicted octanol–water partition coefficient (Wildman–Crippen LogP) is 4.16. The Morgan fingerprint density at radius 1 is 1.10 bits per heavy atom. The molecule has 2 fully saturated rings. The van der Waals surface area contributed by atoms with Crippen LogP contribution in [0.4, 0.5) is 0 Å². The van der Waals surface area contributed by atoms with Crippen molar-refractivity contribution in [2.24, 2.45) is 5.41 Å². The van der Waals surface area contributed by atoms with Crippen molar-refractivity contribution in [2.75, 3.05) is 6.54 Å². The van der Waals surface area contributed by atoms with Crippen LogP contribution in [-0.2, 0) is 0 Å². The zero-order chi connectivity index (χ0) is 13.8. The minimum atomic E-state index is 0.391. The molecule has 0 aromatic heterocycles. The first-order valence-electron chi connectivity index (χ1n) is 8.30. The first-order chi connectivity index (χ1) is 9.85. The Morgan fingerprint density at radius 3 is 2.45 bits per heavy atom. The van der Waals surface area contributed by atoms with E-state index in [0.717, 1.165) is 12.3 Å². The van der Waals surface area contributed by atoms with E-state index in [1.165, 1.54) is 44.9 Å². The quantitative estimate of drug-likeness (QED) is 0.889. The van der Waals surface area contributed by atoms with Gasteiger partial charge in [0.05, 0.1) is 0 Å². The SMILES string of the molecule is CCNC1CC(Oc2ccccc2)C12CCCCCC2. The molecule has 2 unspecified atom stereocenters. The van der Waals surface area contributed by atoms with Crippen molar-refractivity contribution in [2.45, 2.75) is 64.0 Å². The Bertz CT molecular complexity index is 409. The van der Waals surface area contributed by atoms with Crippen LogP contribution in [-0.4, -0.2) is 18.7 Å². The molecule has 1 aromatic rings. The van der Waals surface area contributed by atoms with Gasteiger partial charge in [-0.1, -0.05) is 50.8 Å². The van der Waals surface area contributed by atoms with E-state index in [-0.39, 0.29) is 0 Å². The fourth-order valence-electron chi connectivity index (χ4n) is 4.17. The van der Waals surface area contributed by atoms with Gasteiger partial charge in [-0.25, -0.2) is 0 Å². The number of ether oxygens (including phenoxy) is 1. The summed E-state index contributed by atoms with van der Waals surface area (Å²) in [6.45, 7) is 3.29. The standard InChI is InChI=1S/C18H27NO/c1-2-19-16-14-17(20-15-10-6-5-7-11-15)18(16)12-8-3-4-9-13-18/h5-7,10-11,16-17,19H,2-4,8-9,12-14H2,1H3. The summed E-state index contributed by atoms with van der Waals surface area (Å²) in [7, 11) is 0. The number of hydrogen-bond donors (Lipinski definition) is 1. The maximum absolute atomic E-state index is 6.34. The first-order valence-corrected chi connectivity index (χ1v) is 8.30. The molecule has 1 N–H and O–H groups in total. The molecular formula is C18H27NO. The Kier molecular flexibility index (Phi) is 4.30. The van der Waals surface area contributed by atoms with Crippen molar-refractivity contribution >= 4 is 0 Å². The van der Waals surface area contributed by atoms with E-state index < -0.39 is 0 Å². The molecule has 0 heterocycles. The van der Waals surface area contributed by atoms with Gasteiger partial charge in [0.15, 0.2) is 0 Å². The van der Waals surface area contributed by atoms with Crippen molar-refractivity contribution in [1.82, 2.24) is 5.32 Å².